The number of amides is 1. The number of rotatable bonds is 8. The van der Waals surface area contributed by atoms with Crippen molar-refractivity contribution in [2.24, 2.45) is 0 Å². The van der Waals surface area contributed by atoms with E-state index < -0.39 is 0 Å². The van der Waals surface area contributed by atoms with Gasteiger partial charge in [-0.3, -0.25) is 10.2 Å². The van der Waals surface area contributed by atoms with E-state index >= 15 is 0 Å². The number of carbonyl (C=O) groups is 1. The van der Waals surface area contributed by atoms with E-state index in [0.29, 0.717) is 54.7 Å². The van der Waals surface area contributed by atoms with Crippen LogP contribution in [0.4, 0.5) is 4.39 Å². The smallest absolute Gasteiger partial charge is 0.251 e. The van der Waals surface area contributed by atoms with Gasteiger partial charge in [-0.1, -0.05) is 80.7 Å². The Kier molecular flexibility index (Phi) is 10.5. The highest BCUT2D eigenvalue weighted by atomic mass is 35.5. The molecule has 4 aromatic carbocycles. The van der Waals surface area contributed by atoms with Crippen LogP contribution in [0.3, 0.4) is 0 Å². The molecule has 0 aliphatic heterocycles. The Morgan fingerprint density at radius 3 is 2.48 bits per heavy atom. The molecule has 0 saturated heterocycles. The minimum atomic E-state index is -0.359. The SMILES string of the molecule is CC.CCCC(NC(=O)c1ccc(-c2c(Cl)cccc2-c2nc3cc(F)c(C)cc3[nH]2)c(C(=N)C#N)c1)c1ccc(Cl)cc1. The van der Waals surface area contributed by atoms with Gasteiger partial charge in [-0.2, -0.15) is 5.26 Å². The van der Waals surface area contributed by atoms with Crippen LogP contribution in [0.1, 0.15) is 66.7 Å². The number of nitrogens with zero attached hydrogens (tertiary/aromatic N) is 2. The van der Waals surface area contributed by atoms with Gasteiger partial charge in [0.05, 0.1) is 17.1 Å². The van der Waals surface area contributed by atoms with Crippen LogP contribution in [-0.2, 0) is 0 Å². The lowest BCUT2D eigenvalue weighted by Crippen LogP contribution is -2.28. The Balaban J connectivity index is 0.00000216. The fourth-order valence-electron chi connectivity index (χ4n) is 4.98. The number of nitrogens with one attached hydrogen (secondary N) is 3. The van der Waals surface area contributed by atoms with E-state index in [-0.39, 0.29) is 29.0 Å². The summed E-state index contributed by atoms with van der Waals surface area (Å²) < 4.78 is 14.2. The molecular weight excluding hydrogens is 596 g/mol. The Bertz CT molecular complexity index is 1840. The Labute approximate surface area is 266 Å². The molecule has 3 N–H and O–H groups in total. The highest BCUT2D eigenvalue weighted by molar-refractivity contribution is 6.34. The number of H-pyrrole nitrogens is 1. The maximum Gasteiger partial charge on any atom is 0.251 e. The third kappa shape index (κ3) is 6.83. The molecule has 0 radical (unpaired) electrons. The Morgan fingerprint density at radius 1 is 1.07 bits per heavy atom. The van der Waals surface area contributed by atoms with Crippen molar-refractivity contribution in [3.63, 3.8) is 0 Å². The maximum absolute atomic E-state index is 14.2. The largest absolute Gasteiger partial charge is 0.345 e. The molecule has 9 heteroatoms. The molecule has 0 bridgehead atoms. The van der Waals surface area contributed by atoms with Crippen molar-refractivity contribution < 1.29 is 9.18 Å². The molecule has 1 aromatic heterocycles. The highest BCUT2D eigenvalue weighted by Gasteiger charge is 2.22. The summed E-state index contributed by atoms with van der Waals surface area (Å²) in [6.07, 6.45) is 1.57. The topological polar surface area (TPSA) is 105 Å². The number of aromatic amines is 1. The Hall–Kier alpha value is -4.51. The van der Waals surface area contributed by atoms with Gasteiger partial charge in [0.15, 0.2) is 0 Å². The van der Waals surface area contributed by atoms with Gasteiger partial charge in [0.1, 0.15) is 23.4 Å². The first-order valence-electron chi connectivity index (χ1n) is 14.3. The van der Waals surface area contributed by atoms with Crippen molar-refractivity contribution in [1.29, 1.82) is 10.7 Å². The number of hydrogen-bond donors (Lipinski definition) is 3. The zero-order valence-electron chi connectivity index (χ0n) is 24.9. The lowest BCUT2D eigenvalue weighted by Gasteiger charge is -2.20. The van der Waals surface area contributed by atoms with Crippen LogP contribution in [0, 0.1) is 29.5 Å². The van der Waals surface area contributed by atoms with Crippen molar-refractivity contribution >= 4 is 45.9 Å². The monoisotopic (exact) mass is 627 g/mol. The van der Waals surface area contributed by atoms with Crippen molar-refractivity contribution in [2.45, 2.75) is 46.6 Å². The first-order chi connectivity index (χ1) is 21.2. The van der Waals surface area contributed by atoms with Crippen LogP contribution >= 0.6 is 23.2 Å². The number of aryl methyl sites for hydroxylation is 1. The van der Waals surface area contributed by atoms with Crippen molar-refractivity contribution in [3.8, 4) is 28.6 Å². The molecule has 5 aromatic rings. The summed E-state index contributed by atoms with van der Waals surface area (Å²) in [4.78, 5) is 21.3. The molecule has 1 amide bonds. The predicted molar refractivity (Wildman–Crippen MR) is 177 cm³/mol. The lowest BCUT2D eigenvalue weighted by atomic mass is 9.91. The molecule has 0 fully saturated rings. The molecule has 0 aliphatic carbocycles. The van der Waals surface area contributed by atoms with E-state index in [0.717, 1.165) is 18.4 Å². The van der Waals surface area contributed by atoms with Crippen LogP contribution in [-0.4, -0.2) is 21.6 Å². The number of carbonyl (C=O) groups excluding carboxylic acids is 1. The summed E-state index contributed by atoms with van der Waals surface area (Å²) in [6.45, 7) is 7.72. The average molecular weight is 629 g/mol. The summed E-state index contributed by atoms with van der Waals surface area (Å²) in [5, 5.41) is 22.2. The first kappa shape index (κ1) is 32.4. The minimum Gasteiger partial charge on any atom is -0.345 e. The van der Waals surface area contributed by atoms with Crippen LogP contribution in [0.15, 0.2) is 72.8 Å². The summed E-state index contributed by atoms with van der Waals surface area (Å²) in [5.74, 6) is -0.243. The summed E-state index contributed by atoms with van der Waals surface area (Å²) in [5.41, 5.74) is 4.38. The predicted octanol–water partition coefficient (Wildman–Crippen LogP) is 9.84. The fraction of sp³-hybridized carbons (Fsp3) is 0.200. The molecule has 44 heavy (non-hydrogen) atoms. The molecule has 0 aliphatic rings. The second kappa shape index (κ2) is 14.3. The van der Waals surface area contributed by atoms with Crippen LogP contribution in [0.25, 0.3) is 33.5 Å². The number of hydrogen-bond acceptors (Lipinski definition) is 4. The molecule has 0 spiro atoms. The third-order valence-corrected chi connectivity index (χ3v) is 7.69. The minimum absolute atomic E-state index is 0.241. The molecule has 1 heterocycles. The van der Waals surface area contributed by atoms with E-state index in [1.54, 1.807) is 49.4 Å². The van der Waals surface area contributed by atoms with E-state index in [1.165, 1.54) is 12.1 Å². The summed E-state index contributed by atoms with van der Waals surface area (Å²) >= 11 is 12.8. The van der Waals surface area contributed by atoms with Crippen molar-refractivity contribution in [1.82, 2.24) is 15.3 Å². The van der Waals surface area contributed by atoms with Crippen LogP contribution in [0.5, 0.6) is 0 Å². The highest BCUT2D eigenvalue weighted by Crippen LogP contribution is 2.39. The number of nitriles is 1. The van der Waals surface area contributed by atoms with E-state index in [4.69, 9.17) is 28.6 Å². The average Bonchev–Trinajstić information content (AvgIpc) is 3.44. The first-order valence-corrected chi connectivity index (χ1v) is 15.1. The second-order valence-electron chi connectivity index (χ2n) is 9.98. The normalized spacial score (nSPS) is 11.3. The fourth-order valence-corrected chi connectivity index (χ4v) is 5.38. The van der Waals surface area contributed by atoms with Gasteiger partial charge in [0.2, 0.25) is 0 Å². The lowest BCUT2D eigenvalue weighted by molar-refractivity contribution is 0.0934. The van der Waals surface area contributed by atoms with Gasteiger partial charge < -0.3 is 10.3 Å². The zero-order chi connectivity index (χ0) is 32.0. The van der Waals surface area contributed by atoms with Gasteiger partial charge in [-0.05, 0) is 66.4 Å². The van der Waals surface area contributed by atoms with Gasteiger partial charge in [-0.15, -0.1) is 0 Å². The van der Waals surface area contributed by atoms with E-state index in [1.807, 2.05) is 45.0 Å². The standard InChI is InChI=1S/C33H26Cl2FN5O.C2H6/c1-3-5-28(19-8-11-21(34)12-9-19)41-33(42)20-10-13-22(24(15-20)27(38)17-37)31-23(6-4-7-25(31)35)32-39-29-14-18(2)26(36)16-30(29)40-32;1-2/h4,6-16,28,38H,3,5H2,1-2H3,(H,39,40)(H,41,42);1-2H3. The molecule has 1 unspecified atom stereocenters. The molecule has 0 saturated carbocycles. The van der Waals surface area contributed by atoms with Gasteiger partial charge in [0.25, 0.3) is 5.91 Å². The molecular formula is C35H32Cl2FN5O. The van der Waals surface area contributed by atoms with Crippen LogP contribution < -0.4 is 5.32 Å². The molecule has 6 nitrogen and oxygen atoms in total. The number of imidazole rings is 1. The van der Waals surface area contributed by atoms with Gasteiger partial charge in [0, 0.05) is 38.4 Å². The molecule has 5 rings (SSSR count). The van der Waals surface area contributed by atoms with Crippen molar-refractivity contribution in [2.75, 3.05) is 0 Å². The van der Waals surface area contributed by atoms with E-state index in [9.17, 15) is 14.4 Å². The van der Waals surface area contributed by atoms with Gasteiger partial charge in [-0.25, -0.2) is 9.37 Å². The number of fused-ring (bicyclic) bond motifs is 1. The number of benzene rings is 4. The summed E-state index contributed by atoms with van der Waals surface area (Å²) in [7, 11) is 0. The third-order valence-electron chi connectivity index (χ3n) is 7.12. The van der Waals surface area contributed by atoms with E-state index in [2.05, 4.69) is 15.3 Å². The number of halogens is 3. The second-order valence-corrected chi connectivity index (χ2v) is 10.8. The Morgan fingerprint density at radius 2 is 1.80 bits per heavy atom. The maximum atomic E-state index is 14.2. The zero-order valence-corrected chi connectivity index (χ0v) is 26.4. The number of aromatic nitrogens is 2. The molecule has 224 valence electrons. The summed E-state index contributed by atoms with van der Waals surface area (Å²) in [6, 6.07) is 22.2. The van der Waals surface area contributed by atoms with Crippen molar-refractivity contribution in [3.05, 3.63) is 111 Å². The quantitative estimate of drug-likeness (QED) is 0.149. The van der Waals surface area contributed by atoms with Gasteiger partial charge >= 0.3 is 0 Å². The van der Waals surface area contributed by atoms with Crippen LogP contribution in [0.2, 0.25) is 10.0 Å². The molecule has 1 atom stereocenters.